The molecule has 1 unspecified atom stereocenters. The molecule has 0 spiro atoms. The number of carbonyl (C=O) groups is 2. The molecule has 0 bridgehead atoms. The highest BCUT2D eigenvalue weighted by atomic mass is 32.2. The number of nitrogens with two attached hydrogens (primary N) is 1. The van der Waals surface area contributed by atoms with E-state index < -0.39 is 29.0 Å². The highest BCUT2D eigenvalue weighted by Crippen LogP contribution is 2.40. The van der Waals surface area contributed by atoms with Crippen molar-refractivity contribution in [2.75, 3.05) is 11.5 Å². The molecule has 3 heterocycles. The van der Waals surface area contributed by atoms with Crippen LogP contribution in [0.1, 0.15) is 6.92 Å². The van der Waals surface area contributed by atoms with Gasteiger partial charge in [-0.05, 0) is 12.5 Å². The summed E-state index contributed by atoms with van der Waals surface area (Å²) in [5.41, 5.74) is 4.66. The van der Waals surface area contributed by atoms with Crippen molar-refractivity contribution in [3.8, 4) is 0 Å². The molecule has 1 amide bonds. The Morgan fingerprint density at radius 2 is 2.20 bits per heavy atom. The number of carboxylic acids is 1. The number of H-pyrrole nitrogens is 1. The second-order valence-corrected chi connectivity index (χ2v) is 7.41. The number of aliphatic carboxylic acids is 1. The molecular weight excluding hydrogens is 370 g/mol. The van der Waals surface area contributed by atoms with Gasteiger partial charge in [-0.25, -0.2) is 9.89 Å². The first-order valence-corrected chi connectivity index (χ1v) is 9.38. The summed E-state index contributed by atoms with van der Waals surface area (Å²) in [6.45, 7) is 1.97. The first-order valence-electron chi connectivity index (χ1n) is 7.34. The Morgan fingerprint density at radius 1 is 1.48 bits per heavy atom. The third-order valence-electron chi connectivity index (χ3n) is 3.91. The van der Waals surface area contributed by atoms with Gasteiger partial charge in [0.25, 0.3) is 0 Å². The topological polar surface area (TPSA) is 151 Å². The molecule has 12 heteroatoms. The van der Waals surface area contributed by atoms with Gasteiger partial charge >= 0.3 is 17.1 Å². The minimum atomic E-state index is -1.19. The summed E-state index contributed by atoms with van der Waals surface area (Å²) in [7, 11) is 0. The van der Waals surface area contributed by atoms with E-state index in [-0.39, 0.29) is 28.5 Å². The number of amides is 1. The standard InChI is InChI=1S/C13H15N5O5S2/c1-2-17-10(21)8(19)15-16-13(17)25-4-5-3-24-11-6(14)9(20)18(11)7(5)12(22)23/h6,11H,2-4,14H2,1H3,(H,15,19)(H,22,23)/t6?,11-/m0/s1. The molecular formula is C13H15N5O5S2. The number of β-lactam (4-membered cyclic amide) rings is 1. The van der Waals surface area contributed by atoms with Gasteiger partial charge in [0.2, 0.25) is 5.91 Å². The van der Waals surface area contributed by atoms with Crippen molar-refractivity contribution in [3.05, 3.63) is 32.0 Å². The molecule has 1 aromatic heterocycles. The highest BCUT2D eigenvalue weighted by molar-refractivity contribution is 8.01. The van der Waals surface area contributed by atoms with Gasteiger partial charge < -0.3 is 10.8 Å². The number of fused-ring (bicyclic) bond motifs is 1. The summed E-state index contributed by atoms with van der Waals surface area (Å²) in [5.74, 6) is -0.969. The second-order valence-electron chi connectivity index (χ2n) is 5.37. The lowest BCUT2D eigenvalue weighted by atomic mass is 10.0. The zero-order chi connectivity index (χ0) is 18.3. The first kappa shape index (κ1) is 17.8. The molecule has 2 aliphatic rings. The highest BCUT2D eigenvalue weighted by Gasteiger charge is 2.51. The maximum atomic E-state index is 11.9. The van der Waals surface area contributed by atoms with Crippen LogP contribution in [0.15, 0.2) is 26.0 Å². The Bertz CT molecular complexity index is 892. The van der Waals surface area contributed by atoms with Crippen LogP contribution in [0.4, 0.5) is 0 Å². The fraction of sp³-hybridized carbons (Fsp3) is 0.462. The average molecular weight is 385 g/mol. The minimum absolute atomic E-state index is 0.0576. The van der Waals surface area contributed by atoms with E-state index in [1.165, 1.54) is 21.2 Å². The number of hydrogen-bond donors (Lipinski definition) is 3. The van der Waals surface area contributed by atoms with Gasteiger partial charge in [-0.15, -0.1) is 16.9 Å². The monoisotopic (exact) mass is 385 g/mol. The molecule has 1 aromatic rings. The minimum Gasteiger partial charge on any atom is -0.477 e. The normalized spacial score (nSPS) is 22.6. The third-order valence-corrected chi connectivity index (χ3v) is 6.33. The zero-order valence-corrected chi connectivity index (χ0v) is 14.7. The fourth-order valence-corrected chi connectivity index (χ4v) is 5.09. The zero-order valence-electron chi connectivity index (χ0n) is 13.1. The largest absolute Gasteiger partial charge is 0.477 e. The Labute approximate surface area is 149 Å². The molecule has 1 saturated heterocycles. The van der Waals surface area contributed by atoms with Crippen LogP contribution in [0, 0.1) is 0 Å². The molecule has 10 nitrogen and oxygen atoms in total. The van der Waals surface area contributed by atoms with E-state index in [9.17, 15) is 24.3 Å². The van der Waals surface area contributed by atoms with Crippen LogP contribution < -0.4 is 16.9 Å². The van der Waals surface area contributed by atoms with Gasteiger partial charge in [0.15, 0.2) is 5.16 Å². The summed E-state index contributed by atoms with van der Waals surface area (Å²) < 4.78 is 1.22. The number of nitrogens with zero attached hydrogens (tertiary/aromatic N) is 3. The molecule has 0 aromatic carbocycles. The lowest BCUT2D eigenvalue weighted by Crippen LogP contribution is -2.68. The molecule has 3 rings (SSSR count). The van der Waals surface area contributed by atoms with Gasteiger partial charge in [0, 0.05) is 18.1 Å². The Morgan fingerprint density at radius 3 is 2.84 bits per heavy atom. The van der Waals surface area contributed by atoms with Crippen molar-refractivity contribution < 1.29 is 14.7 Å². The summed E-state index contributed by atoms with van der Waals surface area (Å²) in [6, 6.07) is -0.681. The molecule has 4 N–H and O–H groups in total. The van der Waals surface area contributed by atoms with E-state index in [1.54, 1.807) is 6.92 Å². The van der Waals surface area contributed by atoms with Crippen molar-refractivity contribution in [1.82, 2.24) is 19.7 Å². The van der Waals surface area contributed by atoms with Gasteiger partial charge in [-0.3, -0.25) is 23.9 Å². The first-order chi connectivity index (χ1) is 11.9. The predicted octanol–water partition coefficient (Wildman–Crippen LogP) is -1.38. The number of hydrogen-bond acceptors (Lipinski definition) is 8. The third kappa shape index (κ3) is 2.89. The number of nitrogens with one attached hydrogen (secondary N) is 1. The van der Waals surface area contributed by atoms with Crippen LogP contribution in [-0.2, 0) is 16.1 Å². The van der Waals surface area contributed by atoms with Crippen LogP contribution in [0.5, 0.6) is 0 Å². The lowest BCUT2D eigenvalue weighted by Gasteiger charge is -2.48. The van der Waals surface area contributed by atoms with Crippen molar-refractivity contribution >= 4 is 35.4 Å². The maximum absolute atomic E-state index is 11.9. The number of aromatic amines is 1. The van der Waals surface area contributed by atoms with Crippen LogP contribution in [0.25, 0.3) is 0 Å². The quantitative estimate of drug-likeness (QED) is 0.316. The van der Waals surface area contributed by atoms with Crippen LogP contribution in [0.3, 0.4) is 0 Å². The Balaban J connectivity index is 1.89. The van der Waals surface area contributed by atoms with Crippen molar-refractivity contribution in [2.24, 2.45) is 5.73 Å². The number of thioether (sulfide) groups is 2. The second kappa shape index (κ2) is 6.69. The van der Waals surface area contributed by atoms with E-state index in [4.69, 9.17) is 5.73 Å². The van der Waals surface area contributed by atoms with Crippen LogP contribution in [-0.4, -0.2) is 59.6 Å². The van der Waals surface area contributed by atoms with Crippen LogP contribution >= 0.6 is 23.5 Å². The molecule has 2 aliphatic heterocycles. The van der Waals surface area contributed by atoms with Crippen molar-refractivity contribution in [3.63, 3.8) is 0 Å². The Hall–Kier alpha value is -2.05. The summed E-state index contributed by atoms with van der Waals surface area (Å²) in [5, 5.41) is 15.4. The summed E-state index contributed by atoms with van der Waals surface area (Å²) in [4.78, 5) is 47.9. The molecule has 0 saturated carbocycles. The molecule has 0 aliphatic carbocycles. The summed E-state index contributed by atoms with van der Waals surface area (Å²) >= 11 is 2.53. The molecule has 134 valence electrons. The number of rotatable bonds is 5. The van der Waals surface area contributed by atoms with Gasteiger partial charge in [0.1, 0.15) is 17.1 Å². The SMILES string of the molecule is CCn1c(SCC2=C(C(=O)O)N3C(=O)C(N)[C@@H]3SC2)n[nH]c(=O)c1=O. The van der Waals surface area contributed by atoms with E-state index in [0.29, 0.717) is 11.3 Å². The Kier molecular flexibility index (Phi) is 4.75. The van der Waals surface area contributed by atoms with E-state index in [2.05, 4.69) is 10.2 Å². The van der Waals surface area contributed by atoms with Gasteiger partial charge in [-0.1, -0.05) is 11.8 Å². The van der Waals surface area contributed by atoms with Crippen molar-refractivity contribution in [2.45, 2.75) is 30.0 Å². The predicted molar refractivity (Wildman–Crippen MR) is 91.2 cm³/mol. The summed E-state index contributed by atoms with van der Waals surface area (Å²) in [6.07, 6.45) is 0. The molecule has 2 atom stereocenters. The van der Waals surface area contributed by atoms with Gasteiger partial charge in [-0.2, -0.15) is 0 Å². The number of aromatic nitrogens is 3. The van der Waals surface area contributed by atoms with E-state index >= 15 is 0 Å². The molecule has 1 fully saturated rings. The fourth-order valence-electron chi connectivity index (χ4n) is 2.65. The van der Waals surface area contributed by atoms with E-state index in [0.717, 1.165) is 11.8 Å². The van der Waals surface area contributed by atoms with Crippen LogP contribution in [0.2, 0.25) is 0 Å². The lowest BCUT2D eigenvalue weighted by molar-refractivity contribution is -0.147. The smallest absolute Gasteiger partial charge is 0.352 e. The maximum Gasteiger partial charge on any atom is 0.352 e. The average Bonchev–Trinajstić information content (AvgIpc) is 2.60. The molecule has 25 heavy (non-hydrogen) atoms. The molecule has 0 radical (unpaired) electrons. The number of carbonyl (C=O) groups excluding carboxylic acids is 1. The van der Waals surface area contributed by atoms with E-state index in [1.807, 2.05) is 0 Å². The number of carboxylic acid groups (broad SMARTS) is 1. The van der Waals surface area contributed by atoms with Gasteiger partial charge in [0.05, 0.1) is 0 Å². The van der Waals surface area contributed by atoms with Crippen molar-refractivity contribution in [1.29, 1.82) is 0 Å².